The van der Waals surface area contributed by atoms with Crippen LogP contribution < -0.4 is 4.89 Å². The fraction of sp³-hybridized carbons (Fsp3) is 0. The van der Waals surface area contributed by atoms with Crippen molar-refractivity contribution in [2.75, 3.05) is 0 Å². The van der Waals surface area contributed by atoms with E-state index in [0.29, 0.717) is 20.4 Å². The highest BCUT2D eigenvalue weighted by Gasteiger charge is 2.18. The lowest BCUT2D eigenvalue weighted by Crippen LogP contribution is -1.93. The number of aromatic nitrogens is 1. The van der Waals surface area contributed by atoms with Gasteiger partial charge in [-0.1, -0.05) is 16.3 Å². The van der Waals surface area contributed by atoms with Crippen molar-refractivity contribution in [2.45, 2.75) is 0 Å². The Labute approximate surface area is 109 Å². The molecule has 92 valence electrons. The minimum Gasteiger partial charge on any atom is -0.358 e. The lowest BCUT2D eigenvalue weighted by atomic mass is 10.2. The first-order valence-corrected chi connectivity index (χ1v) is 6.95. The summed E-state index contributed by atoms with van der Waals surface area (Å²) in [7, 11) is -4.68. The molecule has 0 aliphatic rings. The summed E-state index contributed by atoms with van der Waals surface area (Å²) in [4.78, 5) is 24.4. The van der Waals surface area contributed by atoms with E-state index in [4.69, 9.17) is 21.4 Å². The highest BCUT2D eigenvalue weighted by molar-refractivity contribution is 9.10. The van der Waals surface area contributed by atoms with Gasteiger partial charge in [0.2, 0.25) is 0 Å². The maximum atomic E-state index is 10.5. The van der Waals surface area contributed by atoms with Gasteiger partial charge < -0.3 is 19.7 Å². The number of hydrogen-bond acceptors (Lipinski definition) is 3. The zero-order valence-electron chi connectivity index (χ0n) is 8.05. The maximum Gasteiger partial charge on any atom is 0.505 e. The molecule has 0 aliphatic carbocycles. The average molecular weight is 342 g/mol. The molecule has 2 rings (SSSR count). The first-order chi connectivity index (χ1) is 7.87. The van der Waals surface area contributed by atoms with Crippen LogP contribution in [0.4, 0.5) is 0 Å². The van der Waals surface area contributed by atoms with Gasteiger partial charge in [-0.15, -0.1) is 0 Å². The molecule has 1 heterocycles. The van der Waals surface area contributed by atoms with Crippen molar-refractivity contribution in [1.82, 2.24) is 4.98 Å². The van der Waals surface area contributed by atoms with E-state index >= 15 is 0 Å². The monoisotopic (exact) mass is 341 g/mol. The maximum absolute atomic E-state index is 10.5. The van der Waals surface area contributed by atoms with Crippen molar-refractivity contribution in [3.05, 3.63) is 27.8 Å². The minimum absolute atomic E-state index is 0.153. The van der Waals surface area contributed by atoms with Gasteiger partial charge in [0.15, 0.2) is 5.75 Å². The quantitative estimate of drug-likeness (QED) is 0.453. The standard InChI is InChI=1S/C8H6BrClNO5P/c9-5-1-4-7(2-6(5)10)11-3-8(4)15-16-17(12,13)14/h1-3,11H,(H2,12,13,14). The van der Waals surface area contributed by atoms with Crippen molar-refractivity contribution in [2.24, 2.45) is 0 Å². The number of hydrogen-bond donors (Lipinski definition) is 3. The zero-order chi connectivity index (χ0) is 12.6. The molecular weight excluding hydrogens is 336 g/mol. The van der Waals surface area contributed by atoms with Gasteiger partial charge in [-0.3, -0.25) is 0 Å². The summed E-state index contributed by atoms with van der Waals surface area (Å²) in [6.07, 6.45) is 1.41. The summed E-state index contributed by atoms with van der Waals surface area (Å²) in [5.74, 6) is 0.153. The molecule has 0 saturated carbocycles. The summed E-state index contributed by atoms with van der Waals surface area (Å²) in [6, 6.07) is 3.29. The molecule has 0 unspecified atom stereocenters. The fourth-order valence-electron chi connectivity index (χ4n) is 1.25. The Morgan fingerprint density at radius 1 is 1.41 bits per heavy atom. The average Bonchev–Trinajstić information content (AvgIpc) is 2.57. The third-order valence-corrected chi connectivity index (χ3v) is 3.37. The molecule has 0 atom stereocenters. The van der Waals surface area contributed by atoms with E-state index in [1.165, 1.54) is 6.20 Å². The van der Waals surface area contributed by atoms with Crippen molar-refractivity contribution in [3.8, 4) is 5.75 Å². The van der Waals surface area contributed by atoms with Crippen LogP contribution in [0.2, 0.25) is 5.02 Å². The summed E-state index contributed by atoms with van der Waals surface area (Å²) in [6.45, 7) is 0. The van der Waals surface area contributed by atoms with Crippen LogP contribution in [0, 0.1) is 0 Å². The molecular formula is C8H6BrClNO5P. The Kier molecular flexibility index (Phi) is 3.49. The SMILES string of the molecule is O=P(O)(O)OOc1c[nH]c2cc(Cl)c(Br)cc12. The molecule has 0 spiro atoms. The largest absolute Gasteiger partial charge is 0.505 e. The Hall–Kier alpha value is -0.560. The molecule has 9 heteroatoms. The molecule has 17 heavy (non-hydrogen) atoms. The number of H-pyrrole nitrogens is 1. The van der Waals surface area contributed by atoms with E-state index in [9.17, 15) is 4.57 Å². The number of benzene rings is 1. The fourth-order valence-corrected chi connectivity index (χ4v) is 1.93. The Morgan fingerprint density at radius 2 is 2.12 bits per heavy atom. The van der Waals surface area contributed by atoms with Crippen LogP contribution in [0.3, 0.4) is 0 Å². The Balaban J connectivity index is 2.36. The van der Waals surface area contributed by atoms with Gasteiger partial charge in [-0.05, 0) is 28.1 Å². The highest BCUT2D eigenvalue weighted by Crippen LogP contribution is 2.39. The van der Waals surface area contributed by atoms with Crippen molar-refractivity contribution in [1.29, 1.82) is 0 Å². The first-order valence-electron chi connectivity index (χ1n) is 4.25. The molecule has 3 N–H and O–H groups in total. The second-order valence-electron chi connectivity index (χ2n) is 3.11. The second kappa shape index (κ2) is 4.61. The molecule has 0 fully saturated rings. The molecule has 0 amide bonds. The van der Waals surface area contributed by atoms with Gasteiger partial charge in [0, 0.05) is 16.1 Å². The predicted molar refractivity (Wildman–Crippen MR) is 64.8 cm³/mol. The van der Waals surface area contributed by atoms with Crippen molar-refractivity contribution < 1.29 is 23.9 Å². The molecule has 1 aromatic heterocycles. The third-order valence-electron chi connectivity index (χ3n) is 1.91. The van der Waals surface area contributed by atoms with E-state index in [-0.39, 0.29) is 5.75 Å². The molecule has 0 radical (unpaired) electrons. The van der Waals surface area contributed by atoms with Crippen LogP contribution in [-0.4, -0.2) is 14.8 Å². The van der Waals surface area contributed by atoms with Gasteiger partial charge in [-0.25, -0.2) is 4.57 Å². The normalized spacial score (nSPS) is 12.0. The van der Waals surface area contributed by atoms with Gasteiger partial charge in [-0.2, -0.15) is 0 Å². The lowest BCUT2D eigenvalue weighted by molar-refractivity contribution is -0.121. The number of nitrogens with one attached hydrogen (secondary N) is 1. The summed E-state index contributed by atoms with van der Waals surface area (Å²) < 4.78 is 15.1. The zero-order valence-corrected chi connectivity index (χ0v) is 11.3. The van der Waals surface area contributed by atoms with Crippen LogP contribution in [0.15, 0.2) is 22.8 Å². The minimum atomic E-state index is -4.68. The van der Waals surface area contributed by atoms with E-state index < -0.39 is 7.82 Å². The topological polar surface area (TPSA) is 91.8 Å². The van der Waals surface area contributed by atoms with Gasteiger partial charge >= 0.3 is 7.82 Å². The molecule has 6 nitrogen and oxygen atoms in total. The molecule has 2 aromatic rings. The third kappa shape index (κ3) is 3.01. The van der Waals surface area contributed by atoms with Crippen molar-refractivity contribution in [3.63, 3.8) is 0 Å². The molecule has 1 aromatic carbocycles. The van der Waals surface area contributed by atoms with Gasteiger partial charge in [0.05, 0.1) is 10.5 Å². The van der Waals surface area contributed by atoms with Crippen LogP contribution in [0.25, 0.3) is 10.9 Å². The summed E-state index contributed by atoms with van der Waals surface area (Å²) in [5, 5.41) is 1.08. The Bertz CT molecular complexity index is 609. The lowest BCUT2D eigenvalue weighted by Gasteiger charge is -2.04. The number of fused-ring (bicyclic) bond motifs is 1. The van der Waals surface area contributed by atoms with E-state index in [0.717, 1.165) is 0 Å². The van der Waals surface area contributed by atoms with Crippen LogP contribution in [-0.2, 0) is 9.24 Å². The second-order valence-corrected chi connectivity index (χ2v) is 5.51. The number of halogens is 2. The highest BCUT2D eigenvalue weighted by atomic mass is 79.9. The number of aromatic amines is 1. The molecule has 0 bridgehead atoms. The van der Waals surface area contributed by atoms with E-state index in [1.54, 1.807) is 12.1 Å². The summed E-state index contributed by atoms with van der Waals surface area (Å²) >= 11 is 9.11. The van der Waals surface area contributed by atoms with Crippen LogP contribution >= 0.6 is 35.4 Å². The van der Waals surface area contributed by atoms with Crippen molar-refractivity contribution >= 4 is 46.3 Å². The molecule has 0 aliphatic heterocycles. The Morgan fingerprint density at radius 3 is 2.76 bits per heavy atom. The predicted octanol–water partition coefficient (Wildman–Crippen LogP) is 2.99. The summed E-state index contributed by atoms with van der Waals surface area (Å²) in [5.41, 5.74) is 0.655. The smallest absolute Gasteiger partial charge is 0.358 e. The van der Waals surface area contributed by atoms with Crippen LogP contribution in [0.5, 0.6) is 5.75 Å². The van der Waals surface area contributed by atoms with Crippen LogP contribution in [0.1, 0.15) is 0 Å². The number of phosphoric acid groups is 1. The van der Waals surface area contributed by atoms with Gasteiger partial charge in [0.1, 0.15) is 0 Å². The van der Waals surface area contributed by atoms with Gasteiger partial charge in [0.25, 0.3) is 0 Å². The van der Waals surface area contributed by atoms with E-state index in [2.05, 4.69) is 30.5 Å². The number of rotatable bonds is 3. The molecule has 0 saturated heterocycles. The van der Waals surface area contributed by atoms with E-state index in [1.807, 2.05) is 0 Å². The first kappa shape index (κ1) is 12.9.